The first kappa shape index (κ1) is 20.4. The number of benzene rings is 2. The minimum Gasteiger partial charge on any atom is -0.496 e. The summed E-state index contributed by atoms with van der Waals surface area (Å²) < 4.78 is 5.51. The molecule has 1 N–H and O–H groups in total. The summed E-state index contributed by atoms with van der Waals surface area (Å²) in [5.74, 6) is 2.15. The number of carbonyl (C=O) groups excluding carboxylic acids is 1. The van der Waals surface area contributed by atoms with Gasteiger partial charge in [-0.15, -0.1) is 11.8 Å². The van der Waals surface area contributed by atoms with Crippen LogP contribution in [0.25, 0.3) is 0 Å². The lowest BCUT2D eigenvalue weighted by Gasteiger charge is -2.21. The zero-order valence-corrected chi connectivity index (χ0v) is 17.2. The van der Waals surface area contributed by atoms with Gasteiger partial charge >= 0.3 is 0 Å². The van der Waals surface area contributed by atoms with Crippen molar-refractivity contribution in [2.75, 3.05) is 12.9 Å². The molecule has 3 nitrogen and oxygen atoms in total. The van der Waals surface area contributed by atoms with Crippen molar-refractivity contribution in [3.05, 3.63) is 59.2 Å². The number of amides is 1. The average molecular weight is 372 g/mol. The van der Waals surface area contributed by atoms with Crippen LogP contribution in [-0.2, 0) is 4.79 Å². The maximum atomic E-state index is 12.3. The van der Waals surface area contributed by atoms with Crippen molar-refractivity contribution in [2.45, 2.75) is 51.0 Å². The molecule has 2 aromatic carbocycles. The van der Waals surface area contributed by atoms with Gasteiger partial charge in [0.15, 0.2) is 0 Å². The Bertz CT molecular complexity index is 728. The summed E-state index contributed by atoms with van der Waals surface area (Å²) in [4.78, 5) is 13.5. The molecule has 140 valence electrons. The molecule has 0 aliphatic rings. The number of aryl methyl sites for hydroxylation is 1. The van der Waals surface area contributed by atoms with Crippen molar-refractivity contribution in [1.29, 1.82) is 0 Å². The molecule has 26 heavy (non-hydrogen) atoms. The highest BCUT2D eigenvalue weighted by atomic mass is 32.2. The van der Waals surface area contributed by atoms with Crippen molar-refractivity contribution in [3.8, 4) is 5.75 Å². The largest absolute Gasteiger partial charge is 0.496 e. The summed E-state index contributed by atoms with van der Waals surface area (Å²) in [6, 6.07) is 14.4. The number of methoxy groups -OCH3 is 1. The highest BCUT2D eigenvalue weighted by Crippen LogP contribution is 2.32. The van der Waals surface area contributed by atoms with Crippen LogP contribution in [0.1, 0.15) is 55.8 Å². The van der Waals surface area contributed by atoms with Crippen LogP contribution in [-0.4, -0.2) is 18.8 Å². The molecule has 0 aromatic heterocycles. The molecule has 1 unspecified atom stereocenters. The van der Waals surface area contributed by atoms with E-state index in [0.29, 0.717) is 12.3 Å². The molecular weight excluding hydrogens is 342 g/mol. The molecule has 0 saturated carbocycles. The normalized spacial score (nSPS) is 12.1. The van der Waals surface area contributed by atoms with E-state index in [9.17, 15) is 4.79 Å². The summed E-state index contributed by atoms with van der Waals surface area (Å²) in [5.41, 5.74) is 3.46. The summed E-state index contributed by atoms with van der Waals surface area (Å²) in [6.07, 6.45) is 0.510. The lowest BCUT2D eigenvalue weighted by Crippen LogP contribution is -2.27. The van der Waals surface area contributed by atoms with Crippen LogP contribution in [0.5, 0.6) is 5.75 Å². The van der Waals surface area contributed by atoms with E-state index >= 15 is 0 Å². The van der Waals surface area contributed by atoms with E-state index in [-0.39, 0.29) is 11.9 Å². The number of ether oxygens (including phenoxy) is 1. The predicted octanol–water partition coefficient (Wildman–Crippen LogP) is 5.49. The Labute approximate surface area is 161 Å². The zero-order chi connectivity index (χ0) is 19.1. The molecule has 0 radical (unpaired) electrons. The number of rotatable bonds is 8. The molecule has 0 saturated heterocycles. The second-order valence-electron chi connectivity index (χ2n) is 6.81. The van der Waals surface area contributed by atoms with Crippen LogP contribution in [0, 0.1) is 6.92 Å². The Morgan fingerprint density at radius 2 is 1.81 bits per heavy atom. The number of thioether (sulfide) groups is 1. The Kier molecular flexibility index (Phi) is 7.58. The van der Waals surface area contributed by atoms with E-state index in [4.69, 9.17) is 4.74 Å². The molecule has 1 atom stereocenters. The van der Waals surface area contributed by atoms with E-state index in [2.05, 4.69) is 50.4 Å². The first-order valence-electron chi connectivity index (χ1n) is 9.08. The van der Waals surface area contributed by atoms with Gasteiger partial charge in [-0.2, -0.15) is 0 Å². The molecule has 2 rings (SSSR count). The van der Waals surface area contributed by atoms with Crippen LogP contribution in [0.15, 0.2) is 47.4 Å². The van der Waals surface area contributed by atoms with Gasteiger partial charge in [0.2, 0.25) is 5.91 Å². The van der Waals surface area contributed by atoms with Crippen LogP contribution >= 0.6 is 11.8 Å². The third kappa shape index (κ3) is 5.53. The Hall–Kier alpha value is -1.94. The fraction of sp³-hybridized carbons (Fsp3) is 0.409. The third-order valence-electron chi connectivity index (χ3n) is 4.43. The fourth-order valence-corrected chi connectivity index (χ4v) is 3.85. The second kappa shape index (κ2) is 9.67. The zero-order valence-electron chi connectivity index (χ0n) is 16.3. The van der Waals surface area contributed by atoms with Gasteiger partial charge < -0.3 is 10.1 Å². The Balaban J connectivity index is 1.97. The van der Waals surface area contributed by atoms with Gasteiger partial charge in [-0.05, 0) is 60.7 Å². The van der Waals surface area contributed by atoms with Gasteiger partial charge in [0.25, 0.3) is 0 Å². The maximum Gasteiger partial charge on any atom is 0.221 e. The summed E-state index contributed by atoms with van der Waals surface area (Å²) >= 11 is 1.71. The van der Waals surface area contributed by atoms with E-state index in [1.54, 1.807) is 18.9 Å². The standard InChI is InChI=1S/C22H29NO2S/c1-15(2)19-14-20(16(3)13-21(19)25-5)17(4)23-22(24)11-12-26-18-9-7-6-8-10-18/h6-10,13-15,17H,11-12H2,1-5H3,(H,23,24). The molecular formula is C22H29NO2S. The highest BCUT2D eigenvalue weighted by molar-refractivity contribution is 7.99. The molecule has 0 aliphatic heterocycles. The topological polar surface area (TPSA) is 38.3 Å². The van der Waals surface area contributed by atoms with Gasteiger partial charge in [-0.1, -0.05) is 32.0 Å². The van der Waals surface area contributed by atoms with E-state index in [1.165, 1.54) is 10.5 Å². The van der Waals surface area contributed by atoms with Gasteiger partial charge in [0.05, 0.1) is 13.2 Å². The molecule has 0 spiro atoms. The predicted molar refractivity (Wildman–Crippen MR) is 110 cm³/mol. The van der Waals surface area contributed by atoms with E-state index < -0.39 is 0 Å². The second-order valence-corrected chi connectivity index (χ2v) is 7.97. The van der Waals surface area contributed by atoms with Crippen LogP contribution in [0.2, 0.25) is 0 Å². The van der Waals surface area contributed by atoms with Crippen molar-refractivity contribution in [1.82, 2.24) is 5.32 Å². The van der Waals surface area contributed by atoms with Crippen molar-refractivity contribution >= 4 is 17.7 Å². The quantitative estimate of drug-likeness (QED) is 0.624. The molecule has 1 amide bonds. The average Bonchev–Trinajstić information content (AvgIpc) is 2.61. The summed E-state index contributed by atoms with van der Waals surface area (Å²) in [7, 11) is 1.70. The Morgan fingerprint density at radius 3 is 2.42 bits per heavy atom. The Morgan fingerprint density at radius 1 is 1.12 bits per heavy atom. The molecule has 2 aromatic rings. The smallest absolute Gasteiger partial charge is 0.221 e. The van der Waals surface area contributed by atoms with Crippen molar-refractivity contribution < 1.29 is 9.53 Å². The lowest BCUT2D eigenvalue weighted by atomic mass is 9.93. The minimum absolute atomic E-state index is 0.0207. The molecule has 0 fully saturated rings. The van der Waals surface area contributed by atoms with E-state index in [0.717, 1.165) is 22.6 Å². The first-order chi connectivity index (χ1) is 12.4. The van der Waals surface area contributed by atoms with Gasteiger partial charge in [-0.3, -0.25) is 4.79 Å². The molecule has 0 heterocycles. The van der Waals surface area contributed by atoms with Gasteiger partial charge in [-0.25, -0.2) is 0 Å². The van der Waals surface area contributed by atoms with Crippen LogP contribution in [0.4, 0.5) is 0 Å². The number of nitrogens with one attached hydrogen (secondary N) is 1. The SMILES string of the molecule is COc1cc(C)c(C(C)NC(=O)CCSc2ccccc2)cc1C(C)C. The van der Waals surface area contributed by atoms with Crippen LogP contribution in [0.3, 0.4) is 0 Å². The molecule has 0 bridgehead atoms. The fourth-order valence-electron chi connectivity index (χ4n) is 2.98. The molecule has 4 heteroatoms. The number of carbonyl (C=O) groups is 1. The highest BCUT2D eigenvalue weighted by Gasteiger charge is 2.16. The first-order valence-corrected chi connectivity index (χ1v) is 10.1. The van der Waals surface area contributed by atoms with E-state index in [1.807, 2.05) is 25.1 Å². The maximum absolute atomic E-state index is 12.3. The third-order valence-corrected chi connectivity index (χ3v) is 5.44. The monoisotopic (exact) mass is 371 g/mol. The minimum atomic E-state index is -0.0207. The van der Waals surface area contributed by atoms with Gasteiger partial charge in [0, 0.05) is 17.1 Å². The summed E-state index contributed by atoms with van der Waals surface area (Å²) in [5, 5.41) is 3.13. The molecule has 0 aliphatic carbocycles. The van der Waals surface area contributed by atoms with Gasteiger partial charge in [0.1, 0.15) is 5.75 Å². The van der Waals surface area contributed by atoms with Crippen LogP contribution < -0.4 is 10.1 Å². The summed E-state index contributed by atoms with van der Waals surface area (Å²) in [6.45, 7) is 8.42. The van der Waals surface area contributed by atoms with Crippen molar-refractivity contribution in [3.63, 3.8) is 0 Å². The van der Waals surface area contributed by atoms with Crippen molar-refractivity contribution in [2.24, 2.45) is 0 Å². The number of hydrogen-bond donors (Lipinski definition) is 1. The number of hydrogen-bond acceptors (Lipinski definition) is 3. The lowest BCUT2D eigenvalue weighted by molar-refractivity contribution is -0.121.